The molecule has 2 unspecified atom stereocenters. The van der Waals surface area contributed by atoms with E-state index in [1.807, 2.05) is 12.1 Å². The number of hydrogen-bond acceptors (Lipinski definition) is 2. The summed E-state index contributed by atoms with van der Waals surface area (Å²) in [7, 11) is 0. The lowest BCUT2D eigenvalue weighted by molar-refractivity contribution is 0.172. The van der Waals surface area contributed by atoms with Gasteiger partial charge in [0.05, 0.1) is 0 Å². The summed E-state index contributed by atoms with van der Waals surface area (Å²) in [6.45, 7) is 8.05. The Morgan fingerprint density at radius 1 is 1.32 bits per heavy atom. The molecule has 4 heteroatoms. The second-order valence-electron chi connectivity index (χ2n) is 5.39. The number of nitrogens with zero attached hydrogens (tertiary/aromatic N) is 1. The Labute approximate surface area is 126 Å². The predicted molar refractivity (Wildman–Crippen MR) is 84.4 cm³/mol. The number of hydrogen-bond donors (Lipinski definition) is 1. The molecule has 0 radical (unpaired) electrons. The summed E-state index contributed by atoms with van der Waals surface area (Å²) in [6, 6.07) is 6.07. The Morgan fingerprint density at radius 2 is 2.00 bits per heavy atom. The van der Waals surface area contributed by atoms with E-state index in [1.54, 1.807) is 6.07 Å². The Morgan fingerprint density at radius 3 is 2.63 bits per heavy atom. The minimum Gasteiger partial charge on any atom is -0.382 e. The number of halogens is 2. The van der Waals surface area contributed by atoms with Gasteiger partial charge in [0.15, 0.2) is 0 Å². The number of rotatable bonds is 4. The molecule has 1 aromatic carbocycles. The predicted octanol–water partition coefficient (Wildman–Crippen LogP) is 4.53. The molecule has 106 valence electrons. The van der Waals surface area contributed by atoms with Crippen molar-refractivity contribution >= 4 is 28.9 Å². The molecule has 1 aliphatic heterocycles. The van der Waals surface area contributed by atoms with E-state index >= 15 is 0 Å². The van der Waals surface area contributed by atoms with Crippen LogP contribution in [-0.4, -0.2) is 30.6 Å². The third-order valence-corrected chi connectivity index (χ3v) is 4.39. The molecule has 2 nitrogen and oxygen atoms in total. The van der Waals surface area contributed by atoms with Gasteiger partial charge in [-0.25, -0.2) is 0 Å². The maximum atomic E-state index is 6.03. The van der Waals surface area contributed by atoms with Crippen LogP contribution in [0.15, 0.2) is 18.2 Å². The Hall–Kier alpha value is -0.440. The van der Waals surface area contributed by atoms with Gasteiger partial charge in [0, 0.05) is 28.3 Å². The van der Waals surface area contributed by atoms with E-state index in [0.717, 1.165) is 12.2 Å². The van der Waals surface area contributed by atoms with Crippen molar-refractivity contribution in [3.63, 3.8) is 0 Å². The zero-order valence-corrected chi connectivity index (χ0v) is 13.1. The Kier molecular flexibility index (Phi) is 5.37. The van der Waals surface area contributed by atoms with Crippen LogP contribution in [0.5, 0.6) is 0 Å². The van der Waals surface area contributed by atoms with Crippen molar-refractivity contribution in [3.05, 3.63) is 28.2 Å². The van der Waals surface area contributed by atoms with Gasteiger partial charge in [0.2, 0.25) is 0 Å². The molecular formula is C15H22Cl2N2. The minimum atomic E-state index is 0.434. The van der Waals surface area contributed by atoms with Crippen LogP contribution in [0.25, 0.3) is 0 Å². The van der Waals surface area contributed by atoms with Crippen molar-refractivity contribution in [2.24, 2.45) is 5.92 Å². The second kappa shape index (κ2) is 6.83. The largest absolute Gasteiger partial charge is 0.382 e. The molecule has 0 saturated carbocycles. The van der Waals surface area contributed by atoms with Gasteiger partial charge in [-0.15, -0.1) is 0 Å². The molecule has 1 aromatic rings. The van der Waals surface area contributed by atoms with Gasteiger partial charge in [-0.3, -0.25) is 0 Å². The van der Waals surface area contributed by atoms with Crippen molar-refractivity contribution in [3.8, 4) is 0 Å². The molecule has 1 saturated heterocycles. The fourth-order valence-electron chi connectivity index (χ4n) is 2.80. The lowest BCUT2D eigenvalue weighted by Crippen LogP contribution is -2.41. The summed E-state index contributed by atoms with van der Waals surface area (Å²) in [5.41, 5.74) is 1.01. The van der Waals surface area contributed by atoms with Crippen molar-refractivity contribution in [2.75, 3.05) is 25.0 Å². The molecular weight excluding hydrogens is 279 g/mol. The first-order chi connectivity index (χ1) is 9.08. The summed E-state index contributed by atoms with van der Waals surface area (Å²) in [5, 5.41) is 4.91. The minimum absolute atomic E-state index is 0.434. The van der Waals surface area contributed by atoms with Gasteiger partial charge in [0.1, 0.15) is 0 Å². The van der Waals surface area contributed by atoms with Gasteiger partial charge >= 0.3 is 0 Å². The second-order valence-corrected chi connectivity index (χ2v) is 6.26. The quantitative estimate of drug-likeness (QED) is 0.879. The average molecular weight is 301 g/mol. The summed E-state index contributed by atoms with van der Waals surface area (Å²) in [6.07, 6.45) is 2.58. The van der Waals surface area contributed by atoms with Crippen LogP contribution in [0.3, 0.4) is 0 Å². The zero-order valence-electron chi connectivity index (χ0n) is 11.6. The number of anilines is 1. The zero-order chi connectivity index (χ0) is 13.8. The summed E-state index contributed by atoms with van der Waals surface area (Å²) in [5.74, 6) is 0.687. The molecule has 1 N–H and O–H groups in total. The van der Waals surface area contributed by atoms with E-state index in [0.29, 0.717) is 22.0 Å². The van der Waals surface area contributed by atoms with Crippen molar-refractivity contribution < 1.29 is 0 Å². The van der Waals surface area contributed by atoms with E-state index in [4.69, 9.17) is 23.2 Å². The van der Waals surface area contributed by atoms with Gasteiger partial charge in [-0.2, -0.15) is 0 Å². The van der Waals surface area contributed by atoms with Gasteiger partial charge in [0.25, 0.3) is 0 Å². The highest BCUT2D eigenvalue weighted by atomic mass is 35.5. The first kappa shape index (κ1) is 15.0. The Bertz CT molecular complexity index is 402. The summed E-state index contributed by atoms with van der Waals surface area (Å²) in [4.78, 5) is 2.53. The molecule has 0 bridgehead atoms. The highest BCUT2D eigenvalue weighted by molar-refractivity contribution is 6.35. The van der Waals surface area contributed by atoms with Gasteiger partial charge in [-0.05, 0) is 57.0 Å². The average Bonchev–Trinajstić information content (AvgIpc) is 2.37. The van der Waals surface area contributed by atoms with E-state index in [9.17, 15) is 0 Å². The van der Waals surface area contributed by atoms with Crippen LogP contribution >= 0.6 is 23.2 Å². The topological polar surface area (TPSA) is 15.3 Å². The van der Waals surface area contributed by atoms with Crippen LogP contribution in [-0.2, 0) is 0 Å². The van der Waals surface area contributed by atoms with Crippen LogP contribution in [0, 0.1) is 5.92 Å². The van der Waals surface area contributed by atoms with Crippen molar-refractivity contribution in [1.82, 2.24) is 4.90 Å². The fraction of sp³-hybridized carbons (Fsp3) is 0.600. The monoisotopic (exact) mass is 300 g/mol. The summed E-state index contributed by atoms with van der Waals surface area (Å²) >= 11 is 12.1. The third kappa shape index (κ3) is 4.27. The molecule has 1 aliphatic rings. The van der Waals surface area contributed by atoms with Crippen molar-refractivity contribution in [2.45, 2.75) is 32.7 Å². The Balaban J connectivity index is 1.98. The molecule has 19 heavy (non-hydrogen) atoms. The smallest absolute Gasteiger partial charge is 0.0441 e. The number of likely N-dealkylation sites (tertiary alicyclic amines) is 1. The SMILES string of the molecule is CCN1CCCC(C(C)Nc2cc(Cl)cc(Cl)c2)C1. The molecule has 0 aromatic heterocycles. The molecule has 0 spiro atoms. The molecule has 0 aliphatic carbocycles. The maximum absolute atomic E-state index is 6.03. The molecule has 1 fully saturated rings. The lowest BCUT2D eigenvalue weighted by atomic mass is 9.91. The van der Waals surface area contributed by atoms with E-state index in [2.05, 4.69) is 24.1 Å². The maximum Gasteiger partial charge on any atom is 0.0441 e. The molecule has 0 amide bonds. The third-order valence-electron chi connectivity index (χ3n) is 3.95. The van der Waals surface area contributed by atoms with Crippen LogP contribution in [0.1, 0.15) is 26.7 Å². The summed E-state index contributed by atoms with van der Waals surface area (Å²) < 4.78 is 0. The first-order valence-electron chi connectivity index (χ1n) is 7.03. The number of benzene rings is 1. The first-order valence-corrected chi connectivity index (χ1v) is 7.79. The van der Waals surface area contributed by atoms with Crippen LogP contribution < -0.4 is 5.32 Å². The van der Waals surface area contributed by atoms with E-state index < -0.39 is 0 Å². The van der Waals surface area contributed by atoms with E-state index in [-0.39, 0.29) is 0 Å². The standard InChI is InChI=1S/C15H22Cl2N2/c1-3-19-6-4-5-12(10-19)11(2)18-15-8-13(16)7-14(17)9-15/h7-9,11-12,18H,3-6,10H2,1-2H3. The van der Waals surface area contributed by atoms with Crippen molar-refractivity contribution in [1.29, 1.82) is 0 Å². The van der Waals surface area contributed by atoms with Gasteiger partial charge < -0.3 is 10.2 Å². The number of nitrogens with one attached hydrogen (secondary N) is 1. The van der Waals surface area contributed by atoms with Gasteiger partial charge in [-0.1, -0.05) is 30.1 Å². The van der Waals surface area contributed by atoms with Crippen LogP contribution in [0.4, 0.5) is 5.69 Å². The molecule has 2 atom stereocenters. The van der Waals surface area contributed by atoms with Crippen LogP contribution in [0.2, 0.25) is 10.0 Å². The molecule has 1 heterocycles. The fourth-order valence-corrected chi connectivity index (χ4v) is 3.33. The van der Waals surface area contributed by atoms with E-state index in [1.165, 1.54) is 25.9 Å². The highest BCUT2D eigenvalue weighted by Gasteiger charge is 2.23. The normalized spacial score (nSPS) is 22.2. The lowest BCUT2D eigenvalue weighted by Gasteiger charge is -2.35. The highest BCUT2D eigenvalue weighted by Crippen LogP contribution is 2.26. The number of piperidine rings is 1. The molecule has 2 rings (SSSR count).